The highest BCUT2D eigenvalue weighted by Gasteiger charge is 2.10. The fourth-order valence-electron chi connectivity index (χ4n) is 2.18. The van der Waals surface area contributed by atoms with Crippen molar-refractivity contribution in [2.24, 2.45) is 0 Å². The molecule has 2 aromatic carbocycles. The van der Waals surface area contributed by atoms with Crippen LogP contribution >= 0.6 is 15.9 Å². The Balaban J connectivity index is 1.75. The molecule has 3 aromatic rings. The number of H-pyrrole nitrogens is 1. The minimum Gasteiger partial charge on any atom is -0.397 e. The number of fused-ring (bicyclic) bond motifs is 1. The first-order valence-electron chi connectivity index (χ1n) is 6.53. The summed E-state index contributed by atoms with van der Waals surface area (Å²) in [6.07, 6.45) is 0. The number of nitrogen functional groups attached to an aromatic ring is 1. The predicted octanol–water partition coefficient (Wildman–Crippen LogP) is 3.44. The van der Waals surface area contributed by atoms with Crippen molar-refractivity contribution < 1.29 is 4.79 Å². The molecule has 0 unspecified atom stereocenters. The molecule has 0 aliphatic heterocycles. The molecule has 0 saturated carbocycles. The monoisotopic (exact) mass is 343 g/mol. The fraction of sp³-hybridized carbons (Fsp3) is 0.0625. The van der Waals surface area contributed by atoms with Crippen LogP contribution in [-0.2, 0) is 6.54 Å². The Morgan fingerprint density at radius 3 is 2.67 bits per heavy atom. The third-order valence-corrected chi connectivity index (χ3v) is 3.83. The number of hydrogen-bond acceptors (Lipinski definition) is 2. The molecule has 0 aliphatic rings. The van der Waals surface area contributed by atoms with Crippen molar-refractivity contribution in [3.63, 3.8) is 0 Å². The molecule has 4 N–H and O–H groups in total. The number of benzene rings is 2. The van der Waals surface area contributed by atoms with E-state index < -0.39 is 0 Å². The highest BCUT2D eigenvalue weighted by Crippen LogP contribution is 2.21. The highest BCUT2D eigenvalue weighted by atomic mass is 79.9. The SMILES string of the molecule is Nc1cccc2cc(C(=O)NCc3ccc(Br)cc3)[nH]c12. The third-order valence-electron chi connectivity index (χ3n) is 3.30. The van der Waals surface area contributed by atoms with E-state index in [1.54, 1.807) is 0 Å². The lowest BCUT2D eigenvalue weighted by Gasteiger charge is -2.04. The predicted molar refractivity (Wildman–Crippen MR) is 88.0 cm³/mol. The van der Waals surface area contributed by atoms with E-state index in [0.29, 0.717) is 17.9 Å². The normalized spacial score (nSPS) is 10.7. The van der Waals surface area contributed by atoms with E-state index >= 15 is 0 Å². The van der Waals surface area contributed by atoms with Gasteiger partial charge in [0.1, 0.15) is 5.69 Å². The van der Waals surface area contributed by atoms with Crippen LogP contribution in [0.4, 0.5) is 5.69 Å². The molecule has 0 radical (unpaired) electrons. The minimum absolute atomic E-state index is 0.145. The Morgan fingerprint density at radius 2 is 1.95 bits per heavy atom. The first kappa shape index (κ1) is 13.7. The Bertz CT molecular complexity index is 793. The standard InChI is InChI=1S/C16H14BrN3O/c17-12-6-4-10(5-7-12)9-19-16(21)14-8-11-2-1-3-13(18)15(11)20-14/h1-8,20H,9,18H2,(H,19,21). The van der Waals surface area contributed by atoms with E-state index in [-0.39, 0.29) is 5.91 Å². The second kappa shape index (κ2) is 5.61. The summed E-state index contributed by atoms with van der Waals surface area (Å²) in [6.45, 7) is 0.483. The molecule has 0 atom stereocenters. The summed E-state index contributed by atoms with van der Waals surface area (Å²) < 4.78 is 1.02. The number of para-hydroxylation sites is 1. The number of halogens is 1. The largest absolute Gasteiger partial charge is 0.397 e. The van der Waals surface area contributed by atoms with Gasteiger partial charge in [-0.05, 0) is 29.8 Å². The Hall–Kier alpha value is -2.27. The zero-order valence-electron chi connectivity index (χ0n) is 11.2. The van der Waals surface area contributed by atoms with Gasteiger partial charge in [-0.2, -0.15) is 0 Å². The molecule has 1 heterocycles. The molecule has 3 rings (SSSR count). The lowest BCUT2D eigenvalue weighted by Crippen LogP contribution is -2.23. The molecule has 4 nitrogen and oxygen atoms in total. The number of hydrogen-bond donors (Lipinski definition) is 3. The topological polar surface area (TPSA) is 70.9 Å². The summed E-state index contributed by atoms with van der Waals surface area (Å²) in [4.78, 5) is 15.2. The van der Waals surface area contributed by atoms with Crippen LogP contribution in [-0.4, -0.2) is 10.9 Å². The van der Waals surface area contributed by atoms with Gasteiger partial charge in [0.25, 0.3) is 5.91 Å². The second-order valence-corrected chi connectivity index (χ2v) is 5.72. The van der Waals surface area contributed by atoms with Crippen molar-refractivity contribution in [3.05, 3.63) is 64.3 Å². The van der Waals surface area contributed by atoms with Crippen LogP contribution in [0, 0.1) is 0 Å². The van der Waals surface area contributed by atoms with Gasteiger partial charge in [-0.25, -0.2) is 0 Å². The first-order chi connectivity index (χ1) is 10.1. The summed E-state index contributed by atoms with van der Waals surface area (Å²) in [5.41, 5.74) is 8.87. The van der Waals surface area contributed by atoms with Gasteiger partial charge in [-0.15, -0.1) is 0 Å². The maximum absolute atomic E-state index is 12.2. The van der Waals surface area contributed by atoms with Crippen LogP contribution in [0.3, 0.4) is 0 Å². The number of nitrogens with one attached hydrogen (secondary N) is 2. The molecule has 0 spiro atoms. The van der Waals surface area contributed by atoms with Gasteiger partial charge in [-0.3, -0.25) is 4.79 Å². The summed E-state index contributed by atoms with van der Waals surface area (Å²) in [5.74, 6) is -0.145. The number of aromatic amines is 1. The Labute approximate surface area is 130 Å². The molecule has 0 bridgehead atoms. The zero-order valence-corrected chi connectivity index (χ0v) is 12.8. The average Bonchev–Trinajstić information content (AvgIpc) is 2.92. The second-order valence-electron chi connectivity index (χ2n) is 4.80. The van der Waals surface area contributed by atoms with Gasteiger partial charge in [0.05, 0.1) is 11.2 Å². The zero-order chi connectivity index (χ0) is 14.8. The number of nitrogens with two attached hydrogens (primary N) is 1. The molecular weight excluding hydrogens is 330 g/mol. The van der Waals surface area contributed by atoms with E-state index in [1.165, 1.54) is 0 Å². The van der Waals surface area contributed by atoms with Gasteiger partial charge < -0.3 is 16.0 Å². The van der Waals surface area contributed by atoms with Gasteiger partial charge in [0.15, 0.2) is 0 Å². The van der Waals surface area contributed by atoms with Gasteiger partial charge >= 0.3 is 0 Å². The summed E-state index contributed by atoms with van der Waals surface area (Å²) >= 11 is 3.38. The Morgan fingerprint density at radius 1 is 1.19 bits per heavy atom. The maximum atomic E-state index is 12.2. The van der Waals surface area contributed by atoms with Crippen LogP contribution in [0.2, 0.25) is 0 Å². The van der Waals surface area contributed by atoms with Crippen molar-refractivity contribution in [1.82, 2.24) is 10.3 Å². The average molecular weight is 344 g/mol. The van der Waals surface area contributed by atoms with Crippen LogP contribution in [0.25, 0.3) is 10.9 Å². The van der Waals surface area contributed by atoms with Crippen LogP contribution in [0.5, 0.6) is 0 Å². The fourth-order valence-corrected chi connectivity index (χ4v) is 2.45. The van der Waals surface area contributed by atoms with E-state index in [2.05, 4.69) is 26.2 Å². The van der Waals surface area contributed by atoms with E-state index in [0.717, 1.165) is 20.9 Å². The highest BCUT2D eigenvalue weighted by molar-refractivity contribution is 9.10. The Kier molecular flexibility index (Phi) is 3.66. The number of anilines is 1. The summed E-state index contributed by atoms with van der Waals surface area (Å²) in [7, 11) is 0. The van der Waals surface area contributed by atoms with Crippen LogP contribution in [0.1, 0.15) is 16.1 Å². The van der Waals surface area contributed by atoms with Gasteiger partial charge in [0.2, 0.25) is 0 Å². The molecule has 0 saturated heterocycles. The molecule has 21 heavy (non-hydrogen) atoms. The number of rotatable bonds is 3. The van der Waals surface area contributed by atoms with Crippen LogP contribution in [0.15, 0.2) is 53.0 Å². The van der Waals surface area contributed by atoms with Gasteiger partial charge in [-0.1, -0.05) is 40.2 Å². The number of aromatic nitrogens is 1. The lowest BCUT2D eigenvalue weighted by atomic mass is 10.2. The summed E-state index contributed by atoms with van der Waals surface area (Å²) in [5, 5.41) is 3.82. The smallest absolute Gasteiger partial charge is 0.267 e. The number of carbonyl (C=O) groups excluding carboxylic acids is 1. The van der Waals surface area contributed by atoms with Crippen LogP contribution < -0.4 is 11.1 Å². The quantitative estimate of drug-likeness (QED) is 0.637. The van der Waals surface area contributed by atoms with Gasteiger partial charge in [0, 0.05) is 16.4 Å². The maximum Gasteiger partial charge on any atom is 0.267 e. The number of amides is 1. The molecule has 0 fully saturated rings. The number of carbonyl (C=O) groups is 1. The van der Waals surface area contributed by atoms with E-state index in [1.807, 2.05) is 48.5 Å². The summed E-state index contributed by atoms with van der Waals surface area (Å²) in [6, 6.07) is 15.2. The molecule has 106 valence electrons. The third kappa shape index (κ3) is 2.92. The van der Waals surface area contributed by atoms with Crippen molar-refractivity contribution in [2.75, 3.05) is 5.73 Å². The lowest BCUT2D eigenvalue weighted by molar-refractivity contribution is 0.0947. The minimum atomic E-state index is -0.145. The van der Waals surface area contributed by atoms with Crippen molar-refractivity contribution in [2.45, 2.75) is 6.54 Å². The molecular formula is C16H14BrN3O. The molecule has 0 aliphatic carbocycles. The van der Waals surface area contributed by atoms with Crippen molar-refractivity contribution in [3.8, 4) is 0 Å². The van der Waals surface area contributed by atoms with E-state index in [9.17, 15) is 4.79 Å². The molecule has 1 aromatic heterocycles. The first-order valence-corrected chi connectivity index (χ1v) is 7.32. The van der Waals surface area contributed by atoms with Crippen molar-refractivity contribution in [1.29, 1.82) is 0 Å². The molecule has 1 amide bonds. The van der Waals surface area contributed by atoms with Crippen molar-refractivity contribution >= 4 is 38.4 Å². The molecule has 5 heteroatoms. The van der Waals surface area contributed by atoms with E-state index in [4.69, 9.17) is 5.73 Å².